The summed E-state index contributed by atoms with van der Waals surface area (Å²) in [5.41, 5.74) is 5.69. The molecular formula is C8H11ClN2O. The van der Waals surface area contributed by atoms with Gasteiger partial charge >= 0.3 is 0 Å². The van der Waals surface area contributed by atoms with Gasteiger partial charge in [-0.1, -0.05) is 11.6 Å². The molecule has 4 heteroatoms. The van der Waals surface area contributed by atoms with Crippen molar-refractivity contribution in [1.82, 2.24) is 4.98 Å². The molecule has 0 fully saturated rings. The van der Waals surface area contributed by atoms with Crippen LogP contribution in [-0.2, 0) is 5.54 Å². The predicted molar refractivity (Wildman–Crippen MR) is 47.9 cm³/mol. The van der Waals surface area contributed by atoms with Gasteiger partial charge in [0.15, 0.2) is 0 Å². The molecule has 12 heavy (non-hydrogen) atoms. The highest BCUT2D eigenvalue weighted by Gasteiger charge is 2.22. The molecule has 1 atom stereocenters. The minimum Gasteiger partial charge on any atom is -0.394 e. The summed E-state index contributed by atoms with van der Waals surface area (Å²) in [6.45, 7) is 1.57. The van der Waals surface area contributed by atoms with E-state index in [1.807, 2.05) is 0 Å². The van der Waals surface area contributed by atoms with E-state index in [-0.39, 0.29) is 6.61 Å². The van der Waals surface area contributed by atoms with Gasteiger partial charge < -0.3 is 10.8 Å². The van der Waals surface area contributed by atoms with Crippen LogP contribution in [0.3, 0.4) is 0 Å². The third kappa shape index (κ3) is 1.75. The first-order valence-corrected chi connectivity index (χ1v) is 3.95. The van der Waals surface area contributed by atoms with E-state index < -0.39 is 5.54 Å². The Morgan fingerprint density at radius 1 is 1.75 bits per heavy atom. The van der Waals surface area contributed by atoms with E-state index in [0.717, 1.165) is 0 Å². The first kappa shape index (κ1) is 9.45. The van der Waals surface area contributed by atoms with Crippen molar-refractivity contribution >= 4 is 11.6 Å². The Morgan fingerprint density at radius 2 is 2.42 bits per heavy atom. The zero-order chi connectivity index (χ0) is 9.19. The first-order valence-electron chi connectivity index (χ1n) is 3.57. The number of hydrogen-bond donors (Lipinski definition) is 2. The summed E-state index contributed by atoms with van der Waals surface area (Å²) in [4.78, 5) is 3.82. The van der Waals surface area contributed by atoms with Crippen LogP contribution in [0.5, 0.6) is 0 Å². The van der Waals surface area contributed by atoms with Crippen LogP contribution in [0.2, 0.25) is 5.02 Å². The number of aliphatic hydroxyl groups is 1. The van der Waals surface area contributed by atoms with E-state index in [2.05, 4.69) is 4.98 Å². The molecule has 0 unspecified atom stereocenters. The molecule has 0 radical (unpaired) electrons. The van der Waals surface area contributed by atoms with E-state index in [0.29, 0.717) is 10.6 Å². The number of nitrogens with two attached hydrogens (primary N) is 1. The topological polar surface area (TPSA) is 59.1 Å². The first-order chi connectivity index (χ1) is 5.58. The number of nitrogens with zero attached hydrogens (tertiary/aromatic N) is 1. The van der Waals surface area contributed by atoms with Crippen LogP contribution >= 0.6 is 11.6 Å². The van der Waals surface area contributed by atoms with Crippen LogP contribution < -0.4 is 5.73 Å². The van der Waals surface area contributed by atoms with Gasteiger partial charge in [-0.05, 0) is 18.6 Å². The highest BCUT2D eigenvalue weighted by Crippen LogP contribution is 2.23. The highest BCUT2D eigenvalue weighted by atomic mass is 35.5. The largest absolute Gasteiger partial charge is 0.394 e. The number of pyridine rings is 1. The SMILES string of the molecule is C[C@@](N)(CO)c1ccncc1Cl. The summed E-state index contributed by atoms with van der Waals surface area (Å²) in [6, 6.07) is 1.71. The standard InChI is InChI=1S/C8H11ClN2O/c1-8(10,5-12)6-2-3-11-4-7(6)9/h2-4,12H,5,10H2,1H3/t8-/m1/s1. The summed E-state index contributed by atoms with van der Waals surface area (Å²) >= 11 is 5.83. The quantitative estimate of drug-likeness (QED) is 0.722. The van der Waals surface area contributed by atoms with Crippen LogP contribution in [0.15, 0.2) is 18.5 Å². The van der Waals surface area contributed by atoms with Gasteiger partial charge in [0, 0.05) is 12.4 Å². The van der Waals surface area contributed by atoms with Gasteiger partial charge in [0.2, 0.25) is 0 Å². The van der Waals surface area contributed by atoms with Crippen LogP contribution in [-0.4, -0.2) is 16.7 Å². The van der Waals surface area contributed by atoms with E-state index in [1.54, 1.807) is 19.2 Å². The zero-order valence-electron chi connectivity index (χ0n) is 6.79. The van der Waals surface area contributed by atoms with Gasteiger partial charge in [0.1, 0.15) is 0 Å². The Labute approximate surface area is 76.2 Å². The number of aliphatic hydroxyl groups excluding tert-OH is 1. The Hall–Kier alpha value is -0.640. The highest BCUT2D eigenvalue weighted by molar-refractivity contribution is 6.31. The van der Waals surface area contributed by atoms with Crippen molar-refractivity contribution in [3.63, 3.8) is 0 Å². The van der Waals surface area contributed by atoms with Gasteiger partial charge in [-0.15, -0.1) is 0 Å². The molecule has 0 bridgehead atoms. The van der Waals surface area contributed by atoms with E-state index >= 15 is 0 Å². The van der Waals surface area contributed by atoms with E-state index in [9.17, 15) is 0 Å². The van der Waals surface area contributed by atoms with Gasteiger partial charge in [-0.25, -0.2) is 0 Å². The molecule has 1 aromatic heterocycles. The molecule has 3 N–H and O–H groups in total. The van der Waals surface area contributed by atoms with E-state index in [4.69, 9.17) is 22.4 Å². The average Bonchev–Trinajstić information content (AvgIpc) is 2.05. The predicted octanol–water partition coefficient (Wildman–Crippen LogP) is 0.901. The molecule has 3 nitrogen and oxygen atoms in total. The summed E-state index contributed by atoms with van der Waals surface area (Å²) in [6.07, 6.45) is 3.11. The fourth-order valence-corrected chi connectivity index (χ4v) is 1.26. The molecule has 1 aromatic rings. The lowest BCUT2D eigenvalue weighted by molar-refractivity contribution is 0.210. The number of hydrogen-bond acceptors (Lipinski definition) is 3. The maximum atomic E-state index is 8.97. The lowest BCUT2D eigenvalue weighted by Gasteiger charge is -2.22. The van der Waals surface area contributed by atoms with Gasteiger partial charge in [-0.2, -0.15) is 0 Å². The second kappa shape index (κ2) is 3.39. The van der Waals surface area contributed by atoms with Crippen LogP contribution in [0.1, 0.15) is 12.5 Å². The lowest BCUT2D eigenvalue weighted by Crippen LogP contribution is -2.37. The zero-order valence-corrected chi connectivity index (χ0v) is 7.54. The normalized spacial score (nSPS) is 15.7. The van der Waals surface area contributed by atoms with E-state index in [1.165, 1.54) is 6.20 Å². The molecule has 0 aliphatic heterocycles. The molecule has 0 saturated heterocycles. The summed E-state index contributed by atoms with van der Waals surface area (Å²) in [7, 11) is 0. The number of halogens is 1. The lowest BCUT2D eigenvalue weighted by atomic mass is 9.95. The van der Waals surface area contributed by atoms with Crippen LogP contribution in [0, 0.1) is 0 Å². The van der Waals surface area contributed by atoms with Crippen LogP contribution in [0.4, 0.5) is 0 Å². The van der Waals surface area contributed by atoms with Gasteiger partial charge in [0.25, 0.3) is 0 Å². The third-order valence-electron chi connectivity index (χ3n) is 1.72. The van der Waals surface area contributed by atoms with Crippen molar-refractivity contribution in [1.29, 1.82) is 0 Å². The maximum Gasteiger partial charge on any atom is 0.0651 e. The second-order valence-electron chi connectivity index (χ2n) is 2.93. The average molecular weight is 187 g/mol. The molecular weight excluding hydrogens is 176 g/mol. The Balaban J connectivity index is 3.10. The minimum absolute atomic E-state index is 0.142. The molecule has 0 amide bonds. The van der Waals surface area contributed by atoms with Crippen molar-refractivity contribution in [2.45, 2.75) is 12.5 Å². The summed E-state index contributed by atoms with van der Waals surface area (Å²) in [5, 5.41) is 9.45. The third-order valence-corrected chi connectivity index (χ3v) is 2.02. The fraction of sp³-hybridized carbons (Fsp3) is 0.375. The Kier molecular flexibility index (Phi) is 2.67. The van der Waals surface area contributed by atoms with Crippen LogP contribution in [0.25, 0.3) is 0 Å². The molecule has 0 saturated carbocycles. The summed E-state index contributed by atoms with van der Waals surface area (Å²) in [5.74, 6) is 0. The minimum atomic E-state index is -0.792. The van der Waals surface area contributed by atoms with Crippen molar-refractivity contribution in [3.05, 3.63) is 29.0 Å². The second-order valence-corrected chi connectivity index (χ2v) is 3.34. The molecule has 0 spiro atoms. The monoisotopic (exact) mass is 186 g/mol. The van der Waals surface area contributed by atoms with Gasteiger partial charge in [-0.3, -0.25) is 4.98 Å². The smallest absolute Gasteiger partial charge is 0.0651 e. The maximum absolute atomic E-state index is 8.97. The molecule has 0 aromatic carbocycles. The van der Waals surface area contributed by atoms with Crippen molar-refractivity contribution in [2.75, 3.05) is 6.61 Å². The van der Waals surface area contributed by atoms with Crippen molar-refractivity contribution < 1.29 is 5.11 Å². The summed E-state index contributed by atoms with van der Waals surface area (Å²) < 4.78 is 0. The Bertz CT molecular complexity index is 276. The molecule has 66 valence electrons. The van der Waals surface area contributed by atoms with Crippen molar-refractivity contribution in [2.24, 2.45) is 5.73 Å². The van der Waals surface area contributed by atoms with Gasteiger partial charge in [0.05, 0.1) is 17.2 Å². The molecule has 0 aliphatic carbocycles. The molecule has 0 aliphatic rings. The Morgan fingerprint density at radius 3 is 2.92 bits per heavy atom. The number of aromatic nitrogens is 1. The fourth-order valence-electron chi connectivity index (χ4n) is 0.924. The van der Waals surface area contributed by atoms with Crippen molar-refractivity contribution in [3.8, 4) is 0 Å². The molecule has 1 heterocycles. The number of rotatable bonds is 2. The molecule has 1 rings (SSSR count).